The maximum Gasteiger partial charge on any atom is 0.251 e. The van der Waals surface area contributed by atoms with Gasteiger partial charge in [0.05, 0.1) is 10.2 Å². The van der Waals surface area contributed by atoms with Crippen LogP contribution in [-0.4, -0.2) is 58.1 Å². The van der Waals surface area contributed by atoms with Crippen LogP contribution in [0.1, 0.15) is 12.5 Å². The first kappa shape index (κ1) is 14.4. The zero-order chi connectivity index (χ0) is 14.8. The molecule has 21 heavy (non-hydrogen) atoms. The lowest BCUT2D eigenvalue weighted by molar-refractivity contribution is -0.141. The Morgan fingerprint density at radius 3 is 2.90 bits per heavy atom. The number of carbonyl (C=O) groups is 1. The number of thiophene rings is 1. The van der Waals surface area contributed by atoms with Crippen molar-refractivity contribution in [2.24, 2.45) is 0 Å². The summed E-state index contributed by atoms with van der Waals surface area (Å²) in [5.74, 6) is -0.170. The summed E-state index contributed by atoms with van der Waals surface area (Å²) in [6.45, 7) is 5.41. The van der Waals surface area contributed by atoms with Crippen LogP contribution in [0.25, 0.3) is 10.2 Å². The number of fused-ring (bicyclic) bond motifs is 1. The van der Waals surface area contributed by atoms with Crippen molar-refractivity contribution >= 4 is 27.5 Å². The average molecular weight is 305 g/mol. The topological polar surface area (TPSA) is 56.7 Å². The number of piperazine rings is 1. The van der Waals surface area contributed by atoms with Gasteiger partial charge in [-0.3, -0.25) is 14.7 Å². The van der Waals surface area contributed by atoms with Gasteiger partial charge in [-0.2, -0.15) is 0 Å². The van der Waals surface area contributed by atoms with Crippen molar-refractivity contribution in [1.82, 2.24) is 14.8 Å². The average Bonchev–Trinajstić information content (AvgIpc) is 2.95. The maximum absolute atomic E-state index is 11.7. The zero-order valence-electron chi connectivity index (χ0n) is 12.0. The van der Waals surface area contributed by atoms with E-state index in [1.165, 1.54) is 17.2 Å². The molecule has 1 unspecified atom stereocenters. The highest BCUT2D eigenvalue weighted by Gasteiger charge is 2.23. The molecule has 2 aromatic heterocycles. The van der Waals surface area contributed by atoms with E-state index < -0.39 is 6.10 Å². The molecule has 1 saturated heterocycles. The van der Waals surface area contributed by atoms with Crippen molar-refractivity contribution < 1.29 is 9.90 Å². The standard InChI is InChI=1S/C15H19N3O2S/c1-11(19)15(20)18-5-3-17(4-6-18)10-12-8-14-13(16-9-12)2-7-21-14/h2,7-9,11,19H,3-6,10H2,1H3. The molecular formula is C15H19N3O2S. The molecule has 6 heteroatoms. The number of hydrogen-bond donors (Lipinski definition) is 1. The lowest BCUT2D eigenvalue weighted by atomic mass is 10.2. The van der Waals surface area contributed by atoms with Gasteiger partial charge in [0, 0.05) is 38.9 Å². The molecule has 0 spiro atoms. The van der Waals surface area contributed by atoms with E-state index in [9.17, 15) is 9.90 Å². The summed E-state index contributed by atoms with van der Waals surface area (Å²) in [5.41, 5.74) is 2.26. The van der Waals surface area contributed by atoms with Crippen molar-refractivity contribution in [3.8, 4) is 0 Å². The van der Waals surface area contributed by atoms with Crippen LogP contribution in [0.15, 0.2) is 23.7 Å². The smallest absolute Gasteiger partial charge is 0.251 e. The molecule has 0 saturated carbocycles. The molecule has 0 bridgehead atoms. The Kier molecular flexibility index (Phi) is 4.19. The molecule has 0 radical (unpaired) electrons. The van der Waals surface area contributed by atoms with Crippen molar-refractivity contribution in [3.63, 3.8) is 0 Å². The highest BCUT2D eigenvalue weighted by Crippen LogP contribution is 2.20. The molecule has 1 amide bonds. The van der Waals surface area contributed by atoms with Crippen LogP contribution in [0.5, 0.6) is 0 Å². The molecule has 1 aliphatic heterocycles. The fourth-order valence-corrected chi connectivity index (χ4v) is 3.43. The first-order valence-corrected chi connectivity index (χ1v) is 8.03. The first-order chi connectivity index (χ1) is 10.1. The molecule has 3 rings (SSSR count). The molecule has 0 aliphatic carbocycles. The van der Waals surface area contributed by atoms with E-state index in [0.29, 0.717) is 13.1 Å². The second-order valence-corrected chi connectivity index (χ2v) is 6.37. The van der Waals surface area contributed by atoms with Gasteiger partial charge in [0.25, 0.3) is 5.91 Å². The quantitative estimate of drug-likeness (QED) is 0.929. The van der Waals surface area contributed by atoms with Crippen LogP contribution < -0.4 is 0 Å². The second-order valence-electron chi connectivity index (χ2n) is 5.42. The molecule has 1 fully saturated rings. The molecule has 1 N–H and O–H groups in total. The van der Waals surface area contributed by atoms with E-state index in [-0.39, 0.29) is 5.91 Å². The minimum Gasteiger partial charge on any atom is -0.384 e. The Bertz CT molecular complexity index is 633. The van der Waals surface area contributed by atoms with Crippen LogP contribution >= 0.6 is 11.3 Å². The third-order valence-corrected chi connectivity index (χ3v) is 4.66. The van der Waals surface area contributed by atoms with E-state index in [2.05, 4.69) is 21.3 Å². The molecule has 0 aromatic carbocycles. The second kappa shape index (κ2) is 6.09. The highest BCUT2D eigenvalue weighted by atomic mass is 32.1. The summed E-state index contributed by atoms with van der Waals surface area (Å²) < 4.78 is 1.22. The Morgan fingerprint density at radius 1 is 1.43 bits per heavy atom. The summed E-state index contributed by atoms with van der Waals surface area (Å²) in [6, 6.07) is 4.23. The van der Waals surface area contributed by atoms with Crippen LogP contribution in [0.3, 0.4) is 0 Å². The van der Waals surface area contributed by atoms with Crippen molar-refractivity contribution in [1.29, 1.82) is 0 Å². The number of pyridine rings is 1. The maximum atomic E-state index is 11.7. The number of nitrogens with zero attached hydrogens (tertiary/aromatic N) is 3. The molecule has 2 aromatic rings. The van der Waals surface area contributed by atoms with Gasteiger partial charge in [0.1, 0.15) is 6.10 Å². The first-order valence-electron chi connectivity index (χ1n) is 7.15. The van der Waals surface area contributed by atoms with Crippen molar-refractivity contribution in [3.05, 3.63) is 29.3 Å². The highest BCUT2D eigenvalue weighted by molar-refractivity contribution is 7.17. The lowest BCUT2D eigenvalue weighted by Gasteiger charge is -2.35. The third kappa shape index (κ3) is 3.23. The predicted molar refractivity (Wildman–Crippen MR) is 83.2 cm³/mol. The van der Waals surface area contributed by atoms with Gasteiger partial charge in [0.2, 0.25) is 0 Å². The molecular weight excluding hydrogens is 286 g/mol. The molecule has 1 aliphatic rings. The van der Waals surface area contributed by atoms with Crippen molar-refractivity contribution in [2.45, 2.75) is 19.6 Å². The van der Waals surface area contributed by atoms with Crippen LogP contribution in [-0.2, 0) is 11.3 Å². The van der Waals surface area contributed by atoms with E-state index in [1.54, 1.807) is 16.2 Å². The number of aliphatic hydroxyl groups excluding tert-OH is 1. The van der Waals surface area contributed by atoms with E-state index in [1.807, 2.05) is 12.3 Å². The summed E-state index contributed by atoms with van der Waals surface area (Å²) in [4.78, 5) is 20.2. The van der Waals surface area contributed by atoms with Gasteiger partial charge in [-0.15, -0.1) is 11.3 Å². The molecule has 3 heterocycles. The summed E-state index contributed by atoms with van der Waals surface area (Å²) >= 11 is 1.71. The number of rotatable bonds is 3. The summed E-state index contributed by atoms with van der Waals surface area (Å²) in [6.07, 6.45) is 1.03. The largest absolute Gasteiger partial charge is 0.384 e. The third-order valence-electron chi connectivity index (χ3n) is 3.81. The fourth-order valence-electron chi connectivity index (χ4n) is 2.62. The summed E-state index contributed by atoms with van der Waals surface area (Å²) in [7, 11) is 0. The predicted octanol–water partition coefficient (Wildman–Crippen LogP) is 1.32. The van der Waals surface area contributed by atoms with Crippen LogP contribution in [0, 0.1) is 0 Å². The normalized spacial score (nSPS) is 18.1. The lowest BCUT2D eigenvalue weighted by Crippen LogP contribution is -2.50. The Labute approximate surface area is 127 Å². The van der Waals surface area contributed by atoms with Gasteiger partial charge in [-0.05, 0) is 30.0 Å². The van der Waals surface area contributed by atoms with Gasteiger partial charge in [-0.25, -0.2) is 0 Å². The number of aliphatic hydroxyl groups is 1. The van der Waals surface area contributed by atoms with Crippen LogP contribution in [0.2, 0.25) is 0 Å². The SMILES string of the molecule is CC(O)C(=O)N1CCN(Cc2cnc3ccsc3c2)CC1. The Morgan fingerprint density at radius 2 is 2.19 bits per heavy atom. The molecule has 5 nitrogen and oxygen atoms in total. The van der Waals surface area contributed by atoms with Gasteiger partial charge in [0.15, 0.2) is 0 Å². The molecule has 1 atom stereocenters. The minimum atomic E-state index is -0.901. The Balaban J connectivity index is 1.58. The fraction of sp³-hybridized carbons (Fsp3) is 0.467. The minimum absolute atomic E-state index is 0.170. The van der Waals surface area contributed by atoms with Gasteiger partial charge < -0.3 is 10.0 Å². The van der Waals surface area contributed by atoms with Crippen molar-refractivity contribution in [2.75, 3.05) is 26.2 Å². The van der Waals surface area contributed by atoms with E-state index in [0.717, 1.165) is 25.2 Å². The number of aromatic nitrogens is 1. The van der Waals surface area contributed by atoms with Crippen LogP contribution in [0.4, 0.5) is 0 Å². The van der Waals surface area contributed by atoms with Gasteiger partial charge >= 0.3 is 0 Å². The number of carbonyl (C=O) groups excluding carboxylic acids is 1. The van der Waals surface area contributed by atoms with Gasteiger partial charge in [-0.1, -0.05) is 0 Å². The molecule has 112 valence electrons. The zero-order valence-corrected chi connectivity index (χ0v) is 12.8. The Hall–Kier alpha value is -1.50. The van der Waals surface area contributed by atoms with E-state index >= 15 is 0 Å². The number of hydrogen-bond acceptors (Lipinski definition) is 5. The number of amides is 1. The monoisotopic (exact) mass is 305 g/mol. The van der Waals surface area contributed by atoms with E-state index in [4.69, 9.17) is 0 Å². The summed E-state index contributed by atoms with van der Waals surface area (Å²) in [5, 5.41) is 11.4.